The highest BCUT2D eigenvalue weighted by Gasteiger charge is 2.30. The highest BCUT2D eigenvalue weighted by atomic mass is 16.2. The molecule has 1 atom stereocenters. The molecule has 276 valence electrons. The zero-order valence-corrected chi connectivity index (χ0v) is 30.8. The monoisotopic (exact) mass is 682 g/mol. The summed E-state index contributed by atoms with van der Waals surface area (Å²) in [5, 5.41) is 11.3. The summed E-state index contributed by atoms with van der Waals surface area (Å²) in [5.74, 6) is -1.68. The molecule has 6 N–H and O–H groups in total. The van der Waals surface area contributed by atoms with Crippen molar-refractivity contribution in [3.63, 3.8) is 0 Å². The highest BCUT2D eigenvalue weighted by molar-refractivity contribution is 5.90. The lowest BCUT2D eigenvalue weighted by Gasteiger charge is -2.32. The van der Waals surface area contributed by atoms with E-state index in [0.717, 1.165) is 0 Å². The molecule has 15 nitrogen and oxygen atoms in total. The number of carbonyl (C=O) groups excluding carboxylic acids is 7. The van der Waals surface area contributed by atoms with Crippen LogP contribution >= 0.6 is 0 Å². The fraction of sp³-hybridized carbons (Fsp3) is 0.788. The SMILES string of the molecule is CCC(=O)N(CCNC(C)(C)C)CC(=O)NCCN(C(=O)CC)[C@@H](CCCNC(N)=O)C(=O)NCCN(CC(=O)C(C)(C)C)C(=O)CC. The lowest BCUT2D eigenvalue weighted by Crippen LogP contribution is -2.53. The van der Waals surface area contributed by atoms with Crippen molar-refractivity contribution in [3.8, 4) is 0 Å². The van der Waals surface area contributed by atoms with Crippen LogP contribution < -0.4 is 27.0 Å². The number of Topliss-reactive ketones (excluding diaryl/α,β-unsaturated/α-hetero) is 1. The average molecular weight is 683 g/mol. The summed E-state index contributed by atoms with van der Waals surface area (Å²) in [4.78, 5) is 92.6. The molecule has 0 radical (unpaired) electrons. The minimum absolute atomic E-state index is 0.0214. The van der Waals surface area contributed by atoms with E-state index in [1.165, 1.54) is 14.7 Å². The number of hydrogen-bond donors (Lipinski definition) is 5. The maximum atomic E-state index is 13.5. The quantitative estimate of drug-likeness (QED) is 0.103. The van der Waals surface area contributed by atoms with Crippen LogP contribution in [0.15, 0.2) is 0 Å². The molecule has 0 unspecified atom stereocenters. The second kappa shape index (κ2) is 22.0. The molecule has 0 aromatic heterocycles. The van der Waals surface area contributed by atoms with E-state index in [1.807, 2.05) is 20.8 Å². The molecule has 0 spiro atoms. The Morgan fingerprint density at radius 3 is 1.67 bits per heavy atom. The summed E-state index contributed by atoms with van der Waals surface area (Å²) in [7, 11) is 0. The number of carbonyl (C=O) groups is 7. The Morgan fingerprint density at radius 1 is 0.646 bits per heavy atom. The van der Waals surface area contributed by atoms with Crippen LogP contribution in [-0.4, -0.2) is 127 Å². The summed E-state index contributed by atoms with van der Waals surface area (Å²) < 4.78 is 0. The number of nitrogens with one attached hydrogen (secondary N) is 4. The Kier molecular flexibility index (Phi) is 20.3. The molecule has 15 heteroatoms. The fourth-order valence-electron chi connectivity index (χ4n) is 4.58. The van der Waals surface area contributed by atoms with Crippen molar-refractivity contribution in [1.82, 2.24) is 36.0 Å². The highest BCUT2D eigenvalue weighted by Crippen LogP contribution is 2.15. The third-order valence-corrected chi connectivity index (χ3v) is 7.46. The third-order valence-electron chi connectivity index (χ3n) is 7.46. The molecule has 0 aliphatic heterocycles. The van der Waals surface area contributed by atoms with Crippen LogP contribution in [0.3, 0.4) is 0 Å². The number of urea groups is 1. The van der Waals surface area contributed by atoms with Crippen molar-refractivity contribution >= 4 is 41.4 Å². The standard InChI is InChI=1S/C33H62N8O7/c1-10-27(44)39(22-25(42)32(4,5)6)19-16-36-30(47)24(14-13-15-37-31(34)48)41(29(46)12-3)21-17-35-26(43)23-40(28(45)11-2)20-18-38-33(7,8)9/h24,38H,10-23H2,1-9H3,(H,35,43)(H,36,47)(H3,34,37,48)/t24-/m0/s1. The first-order valence-electron chi connectivity index (χ1n) is 17.0. The average Bonchev–Trinajstić information content (AvgIpc) is 3.00. The Bertz CT molecular complexity index is 1080. The van der Waals surface area contributed by atoms with Crippen LogP contribution in [0.4, 0.5) is 4.79 Å². The number of amides is 7. The fourth-order valence-corrected chi connectivity index (χ4v) is 4.58. The number of nitrogens with zero attached hydrogens (tertiary/aromatic N) is 3. The summed E-state index contributed by atoms with van der Waals surface area (Å²) in [6.45, 7) is 17.5. The van der Waals surface area contributed by atoms with Crippen LogP contribution in [0.25, 0.3) is 0 Å². The molecule has 0 fully saturated rings. The van der Waals surface area contributed by atoms with E-state index in [0.29, 0.717) is 19.5 Å². The van der Waals surface area contributed by atoms with E-state index in [4.69, 9.17) is 5.73 Å². The van der Waals surface area contributed by atoms with Crippen LogP contribution in [0.1, 0.15) is 94.4 Å². The zero-order chi connectivity index (χ0) is 37.1. The van der Waals surface area contributed by atoms with Crippen LogP contribution in [0, 0.1) is 5.41 Å². The summed E-state index contributed by atoms with van der Waals surface area (Å²) in [6, 6.07) is -1.66. The van der Waals surface area contributed by atoms with Gasteiger partial charge in [0, 0.05) is 76.0 Å². The number of nitrogens with two attached hydrogens (primary N) is 1. The van der Waals surface area contributed by atoms with E-state index in [-0.39, 0.29) is 101 Å². The van der Waals surface area contributed by atoms with Crippen molar-refractivity contribution in [1.29, 1.82) is 0 Å². The van der Waals surface area contributed by atoms with Crippen LogP contribution in [0.2, 0.25) is 0 Å². The van der Waals surface area contributed by atoms with Gasteiger partial charge in [-0.25, -0.2) is 4.79 Å². The van der Waals surface area contributed by atoms with Crippen molar-refractivity contribution in [2.45, 2.75) is 106 Å². The summed E-state index contributed by atoms with van der Waals surface area (Å²) >= 11 is 0. The van der Waals surface area contributed by atoms with E-state index in [1.54, 1.807) is 41.5 Å². The van der Waals surface area contributed by atoms with Crippen LogP contribution in [0.5, 0.6) is 0 Å². The lowest BCUT2D eigenvalue weighted by molar-refractivity contribution is -0.141. The van der Waals surface area contributed by atoms with Crippen molar-refractivity contribution in [3.05, 3.63) is 0 Å². The molecule has 0 rings (SSSR count). The van der Waals surface area contributed by atoms with Gasteiger partial charge < -0.3 is 41.7 Å². The first-order chi connectivity index (χ1) is 22.3. The molecule has 0 heterocycles. The van der Waals surface area contributed by atoms with Gasteiger partial charge >= 0.3 is 6.03 Å². The van der Waals surface area contributed by atoms with E-state index >= 15 is 0 Å². The predicted molar refractivity (Wildman–Crippen MR) is 185 cm³/mol. The topological polar surface area (TPSA) is 203 Å². The molecule has 0 aromatic rings. The molecule has 48 heavy (non-hydrogen) atoms. The van der Waals surface area contributed by atoms with Gasteiger partial charge in [0.25, 0.3) is 0 Å². The van der Waals surface area contributed by atoms with Gasteiger partial charge in [0.1, 0.15) is 6.04 Å². The number of primary amides is 1. The predicted octanol–water partition coefficient (Wildman–Crippen LogP) is 0.755. The molecule has 0 aromatic carbocycles. The lowest BCUT2D eigenvalue weighted by atomic mass is 9.90. The number of ketones is 1. The van der Waals surface area contributed by atoms with Gasteiger partial charge in [-0.15, -0.1) is 0 Å². The molecule has 0 aliphatic rings. The Morgan fingerprint density at radius 2 is 1.17 bits per heavy atom. The Labute approximate surface area is 286 Å². The summed E-state index contributed by atoms with van der Waals surface area (Å²) in [5.41, 5.74) is 4.39. The van der Waals surface area contributed by atoms with Gasteiger partial charge in [-0.3, -0.25) is 28.8 Å². The Balaban J connectivity index is 5.67. The van der Waals surface area contributed by atoms with E-state index in [2.05, 4.69) is 21.3 Å². The molecule has 0 bridgehead atoms. The van der Waals surface area contributed by atoms with E-state index in [9.17, 15) is 33.6 Å². The molecule has 7 amide bonds. The van der Waals surface area contributed by atoms with Crippen molar-refractivity contribution < 1.29 is 33.6 Å². The van der Waals surface area contributed by atoms with E-state index < -0.39 is 29.3 Å². The second-order valence-electron chi connectivity index (χ2n) is 13.7. The smallest absolute Gasteiger partial charge is 0.312 e. The molecular weight excluding hydrogens is 620 g/mol. The van der Waals surface area contributed by atoms with Crippen molar-refractivity contribution in [2.24, 2.45) is 11.1 Å². The molecule has 0 saturated heterocycles. The van der Waals surface area contributed by atoms with Gasteiger partial charge in [0.15, 0.2) is 5.78 Å². The minimum atomic E-state index is -0.947. The van der Waals surface area contributed by atoms with Gasteiger partial charge in [-0.05, 0) is 33.6 Å². The van der Waals surface area contributed by atoms with Crippen LogP contribution in [-0.2, 0) is 28.8 Å². The zero-order valence-electron chi connectivity index (χ0n) is 30.8. The van der Waals surface area contributed by atoms with Crippen molar-refractivity contribution in [2.75, 3.05) is 58.9 Å². The maximum absolute atomic E-state index is 13.5. The third kappa shape index (κ3) is 18.6. The van der Waals surface area contributed by atoms with Gasteiger partial charge in [0.2, 0.25) is 29.5 Å². The number of hydrogen-bond acceptors (Lipinski definition) is 8. The van der Waals surface area contributed by atoms with Gasteiger partial charge in [-0.1, -0.05) is 41.5 Å². The summed E-state index contributed by atoms with van der Waals surface area (Å²) in [6.07, 6.45) is 1.07. The minimum Gasteiger partial charge on any atom is -0.353 e. The van der Waals surface area contributed by atoms with Gasteiger partial charge in [0.05, 0.1) is 13.1 Å². The largest absolute Gasteiger partial charge is 0.353 e. The normalized spacial score (nSPS) is 12.0. The second-order valence-corrected chi connectivity index (χ2v) is 13.7. The molecule has 0 saturated carbocycles. The Hall–Kier alpha value is -3.75. The first kappa shape index (κ1) is 44.2. The first-order valence-corrected chi connectivity index (χ1v) is 17.0. The molecule has 0 aliphatic carbocycles. The van der Waals surface area contributed by atoms with Gasteiger partial charge in [-0.2, -0.15) is 0 Å². The molecular formula is C33H62N8O7. The maximum Gasteiger partial charge on any atom is 0.312 e. The number of rotatable bonds is 22.